The zero-order valence-corrected chi connectivity index (χ0v) is 11.7. The van der Waals surface area contributed by atoms with E-state index in [1.807, 2.05) is 12.2 Å². The number of rotatable bonds is 2. The molecule has 4 rings (SSSR count). The van der Waals surface area contributed by atoms with Crippen LogP contribution in [0.25, 0.3) is 44.7 Å². The van der Waals surface area contributed by atoms with Gasteiger partial charge in [0.1, 0.15) is 0 Å². The maximum Gasteiger partial charge on any atom is 0.0471 e. The van der Waals surface area contributed by atoms with Gasteiger partial charge in [0, 0.05) is 21.8 Å². The molecule has 1 nitrogen and oxygen atoms in total. The number of benzene rings is 3. The van der Waals surface area contributed by atoms with Crippen molar-refractivity contribution in [3.05, 3.63) is 72.8 Å². The van der Waals surface area contributed by atoms with E-state index >= 15 is 0 Å². The van der Waals surface area contributed by atoms with Crippen molar-refractivity contribution >= 4 is 44.7 Å². The molecule has 0 atom stereocenters. The van der Waals surface area contributed by atoms with Crippen molar-refractivity contribution < 1.29 is 0 Å². The van der Waals surface area contributed by atoms with Gasteiger partial charge in [-0.3, -0.25) is 0 Å². The molecule has 0 aliphatic carbocycles. The predicted molar refractivity (Wildman–Crippen MR) is 93.5 cm³/mol. The van der Waals surface area contributed by atoms with Gasteiger partial charge in [0.2, 0.25) is 0 Å². The smallest absolute Gasteiger partial charge is 0.0471 e. The molecule has 100 valence electrons. The van der Waals surface area contributed by atoms with Crippen LogP contribution in [0.15, 0.2) is 61.7 Å². The summed E-state index contributed by atoms with van der Waals surface area (Å²) in [6.45, 7) is 7.91. The third-order valence-electron chi connectivity index (χ3n) is 4.15. The highest BCUT2D eigenvalue weighted by molar-refractivity contribution is 6.22. The molecule has 0 unspecified atom stereocenters. The molecule has 3 aromatic carbocycles. The molecule has 21 heavy (non-hydrogen) atoms. The van der Waals surface area contributed by atoms with E-state index in [9.17, 15) is 0 Å². The monoisotopic (exact) mass is 269 g/mol. The van der Waals surface area contributed by atoms with E-state index in [4.69, 9.17) is 0 Å². The van der Waals surface area contributed by atoms with Crippen molar-refractivity contribution in [2.75, 3.05) is 0 Å². The van der Waals surface area contributed by atoms with Crippen molar-refractivity contribution in [1.29, 1.82) is 0 Å². The van der Waals surface area contributed by atoms with Gasteiger partial charge in [-0.05, 0) is 34.0 Å². The quantitative estimate of drug-likeness (QED) is 0.476. The van der Waals surface area contributed by atoms with Crippen LogP contribution in [-0.4, -0.2) is 4.98 Å². The van der Waals surface area contributed by atoms with Crippen LogP contribution in [0, 0.1) is 0 Å². The molecule has 1 heterocycles. The third-order valence-corrected chi connectivity index (χ3v) is 4.15. The van der Waals surface area contributed by atoms with Gasteiger partial charge in [-0.1, -0.05) is 61.7 Å². The molecule has 0 fully saturated rings. The summed E-state index contributed by atoms with van der Waals surface area (Å²) in [5.74, 6) is 0. The molecule has 0 radical (unpaired) electrons. The molecule has 0 aliphatic heterocycles. The summed E-state index contributed by atoms with van der Waals surface area (Å²) in [5, 5.41) is 5.02. The number of H-pyrrole nitrogens is 1. The van der Waals surface area contributed by atoms with Crippen molar-refractivity contribution in [3.63, 3.8) is 0 Å². The van der Waals surface area contributed by atoms with Crippen molar-refractivity contribution in [1.82, 2.24) is 4.98 Å². The van der Waals surface area contributed by atoms with E-state index < -0.39 is 0 Å². The average Bonchev–Trinajstić information content (AvgIpc) is 2.92. The Kier molecular flexibility index (Phi) is 2.48. The lowest BCUT2D eigenvalue weighted by Gasteiger charge is -2.05. The molecule has 1 aromatic heterocycles. The number of aromatic nitrogens is 1. The van der Waals surface area contributed by atoms with Crippen molar-refractivity contribution in [3.8, 4) is 0 Å². The van der Waals surface area contributed by atoms with Crippen LogP contribution < -0.4 is 0 Å². The molecule has 4 aromatic rings. The van der Waals surface area contributed by atoms with Gasteiger partial charge in [0.05, 0.1) is 0 Å². The Morgan fingerprint density at radius 2 is 1.52 bits per heavy atom. The Balaban J connectivity index is 2.36. The van der Waals surface area contributed by atoms with Crippen molar-refractivity contribution in [2.24, 2.45) is 0 Å². The highest BCUT2D eigenvalue weighted by atomic mass is 14.7. The first kappa shape index (κ1) is 12.0. The summed E-state index contributed by atoms with van der Waals surface area (Å²) in [7, 11) is 0. The second-order valence-electron chi connectivity index (χ2n) is 5.23. The summed E-state index contributed by atoms with van der Waals surface area (Å²) in [6, 6.07) is 17.0. The highest BCUT2D eigenvalue weighted by Crippen LogP contribution is 2.36. The normalized spacial score (nSPS) is 11.2. The largest absolute Gasteiger partial charge is 0.354 e. The number of hydrogen-bond acceptors (Lipinski definition) is 0. The molecule has 0 saturated carbocycles. The first-order valence-electron chi connectivity index (χ1n) is 7.04. The van der Waals surface area contributed by atoms with E-state index in [1.54, 1.807) is 0 Å². The second-order valence-corrected chi connectivity index (χ2v) is 5.23. The van der Waals surface area contributed by atoms with Crippen LogP contribution in [0.1, 0.15) is 11.1 Å². The Morgan fingerprint density at radius 3 is 2.33 bits per heavy atom. The fourth-order valence-electron chi connectivity index (χ4n) is 3.20. The lowest BCUT2D eigenvalue weighted by molar-refractivity contribution is 1.54. The lowest BCUT2D eigenvalue weighted by atomic mass is 9.97. The SMILES string of the molecule is C=Cc1ccc2[nH]c3ccc4ccccc4c3c2c1C=C. The van der Waals surface area contributed by atoms with Crippen LogP contribution in [-0.2, 0) is 0 Å². The van der Waals surface area contributed by atoms with E-state index in [-0.39, 0.29) is 0 Å². The summed E-state index contributed by atoms with van der Waals surface area (Å²) in [6.07, 6.45) is 3.81. The first-order valence-corrected chi connectivity index (χ1v) is 7.04. The van der Waals surface area contributed by atoms with E-state index in [2.05, 4.69) is 66.7 Å². The Hall–Kier alpha value is -2.80. The number of fused-ring (bicyclic) bond motifs is 5. The molecular formula is C20H15N. The summed E-state index contributed by atoms with van der Waals surface area (Å²) >= 11 is 0. The van der Waals surface area contributed by atoms with Crippen LogP contribution >= 0.6 is 0 Å². The number of aromatic amines is 1. The minimum Gasteiger partial charge on any atom is -0.354 e. The topological polar surface area (TPSA) is 15.8 Å². The van der Waals surface area contributed by atoms with Gasteiger partial charge >= 0.3 is 0 Å². The van der Waals surface area contributed by atoms with E-state index in [0.29, 0.717) is 0 Å². The Bertz CT molecular complexity index is 1020. The van der Waals surface area contributed by atoms with Crippen LogP contribution in [0.3, 0.4) is 0 Å². The van der Waals surface area contributed by atoms with Crippen LogP contribution in [0.2, 0.25) is 0 Å². The highest BCUT2D eigenvalue weighted by Gasteiger charge is 2.12. The maximum atomic E-state index is 3.99. The second kappa shape index (κ2) is 4.35. The van der Waals surface area contributed by atoms with E-state index in [0.717, 1.165) is 22.2 Å². The van der Waals surface area contributed by atoms with Crippen molar-refractivity contribution in [2.45, 2.75) is 0 Å². The van der Waals surface area contributed by atoms with Crippen LogP contribution in [0.5, 0.6) is 0 Å². The lowest BCUT2D eigenvalue weighted by Crippen LogP contribution is -1.82. The standard InChI is InChI=1S/C20H15N/c1-3-13-9-11-17-19(15(13)4-2)20-16-8-6-5-7-14(16)10-12-18(20)21-17/h3-12,21H,1-2H2. The number of hydrogen-bond donors (Lipinski definition) is 1. The van der Waals surface area contributed by atoms with Crippen LogP contribution in [0.4, 0.5) is 0 Å². The predicted octanol–water partition coefficient (Wildman–Crippen LogP) is 5.76. The molecule has 1 heteroatoms. The zero-order valence-electron chi connectivity index (χ0n) is 11.7. The summed E-state index contributed by atoms with van der Waals surface area (Å²) < 4.78 is 0. The van der Waals surface area contributed by atoms with Gasteiger partial charge < -0.3 is 4.98 Å². The van der Waals surface area contributed by atoms with Gasteiger partial charge in [-0.15, -0.1) is 0 Å². The van der Waals surface area contributed by atoms with Gasteiger partial charge in [0.25, 0.3) is 0 Å². The minimum absolute atomic E-state index is 1.12. The minimum atomic E-state index is 1.12. The molecule has 0 saturated heterocycles. The van der Waals surface area contributed by atoms with Gasteiger partial charge in [-0.2, -0.15) is 0 Å². The summed E-state index contributed by atoms with van der Waals surface area (Å²) in [5.41, 5.74) is 4.56. The third kappa shape index (κ3) is 1.58. The van der Waals surface area contributed by atoms with Gasteiger partial charge in [0.15, 0.2) is 0 Å². The maximum absolute atomic E-state index is 3.99. The molecule has 0 aliphatic rings. The molecule has 0 spiro atoms. The molecule has 0 amide bonds. The van der Waals surface area contributed by atoms with E-state index in [1.165, 1.54) is 21.5 Å². The van der Waals surface area contributed by atoms with Gasteiger partial charge in [-0.25, -0.2) is 0 Å². The fourth-order valence-corrected chi connectivity index (χ4v) is 3.20. The molecular weight excluding hydrogens is 254 g/mol. The molecule has 0 bridgehead atoms. The Morgan fingerprint density at radius 1 is 0.762 bits per heavy atom. The first-order chi connectivity index (χ1) is 10.3. The number of nitrogens with one attached hydrogen (secondary N) is 1. The zero-order chi connectivity index (χ0) is 14.4. The average molecular weight is 269 g/mol. The Labute approximate surface area is 123 Å². The summed E-state index contributed by atoms with van der Waals surface area (Å²) in [4.78, 5) is 3.51. The molecule has 1 N–H and O–H groups in total. The fraction of sp³-hybridized carbons (Fsp3) is 0.